The molecule has 8 heteroatoms. The SMILES string of the molecule is O=c1c(-c2nccs2)nc2ccc(OCc3ccccc3F)nc2n1C1CC1. The summed E-state index contributed by atoms with van der Waals surface area (Å²) in [5, 5.41) is 2.42. The molecule has 0 spiro atoms. The van der Waals surface area contributed by atoms with E-state index < -0.39 is 0 Å². The lowest BCUT2D eigenvalue weighted by Crippen LogP contribution is -2.23. The van der Waals surface area contributed by atoms with E-state index in [1.807, 2.05) is 5.38 Å². The molecule has 1 aromatic carbocycles. The van der Waals surface area contributed by atoms with Crippen LogP contribution in [-0.4, -0.2) is 19.5 Å². The second-order valence-corrected chi connectivity index (χ2v) is 7.47. The number of halogens is 1. The van der Waals surface area contributed by atoms with Crippen LogP contribution in [0.1, 0.15) is 24.4 Å². The Kier molecular flexibility index (Phi) is 4.12. The molecule has 0 amide bonds. The first-order valence-electron chi connectivity index (χ1n) is 8.90. The Morgan fingerprint density at radius 3 is 2.79 bits per heavy atom. The number of hydrogen-bond donors (Lipinski definition) is 0. The number of pyridine rings is 1. The highest BCUT2D eigenvalue weighted by atomic mass is 32.1. The predicted octanol–water partition coefficient (Wildman–Crippen LogP) is 3.97. The van der Waals surface area contributed by atoms with Gasteiger partial charge in [-0.3, -0.25) is 9.36 Å². The largest absolute Gasteiger partial charge is 0.473 e. The van der Waals surface area contributed by atoms with E-state index in [1.54, 1.807) is 41.1 Å². The van der Waals surface area contributed by atoms with Crippen molar-refractivity contribution < 1.29 is 9.13 Å². The van der Waals surface area contributed by atoms with Crippen molar-refractivity contribution in [2.24, 2.45) is 0 Å². The second kappa shape index (κ2) is 6.79. The van der Waals surface area contributed by atoms with Gasteiger partial charge in [-0.1, -0.05) is 18.2 Å². The summed E-state index contributed by atoms with van der Waals surface area (Å²) >= 11 is 1.38. The molecule has 0 radical (unpaired) electrons. The summed E-state index contributed by atoms with van der Waals surface area (Å²) in [6.45, 7) is 0.0590. The zero-order chi connectivity index (χ0) is 19.1. The summed E-state index contributed by atoms with van der Waals surface area (Å²) in [7, 11) is 0. The first kappa shape index (κ1) is 17.0. The number of aromatic nitrogens is 4. The van der Waals surface area contributed by atoms with Crippen LogP contribution in [0.4, 0.5) is 4.39 Å². The van der Waals surface area contributed by atoms with Gasteiger partial charge in [0, 0.05) is 29.2 Å². The van der Waals surface area contributed by atoms with Crippen LogP contribution in [0.15, 0.2) is 52.8 Å². The molecule has 0 saturated heterocycles. The van der Waals surface area contributed by atoms with Gasteiger partial charge >= 0.3 is 0 Å². The highest BCUT2D eigenvalue weighted by molar-refractivity contribution is 7.13. The van der Waals surface area contributed by atoms with Gasteiger partial charge in [0.15, 0.2) is 11.3 Å². The molecule has 3 heterocycles. The molecule has 6 nitrogen and oxygen atoms in total. The van der Waals surface area contributed by atoms with E-state index in [9.17, 15) is 9.18 Å². The number of nitrogens with zero attached hydrogens (tertiary/aromatic N) is 4. The van der Waals surface area contributed by atoms with Crippen LogP contribution in [0.25, 0.3) is 21.9 Å². The minimum absolute atomic E-state index is 0.0590. The van der Waals surface area contributed by atoms with Gasteiger partial charge in [0.1, 0.15) is 22.9 Å². The van der Waals surface area contributed by atoms with E-state index >= 15 is 0 Å². The lowest BCUT2D eigenvalue weighted by atomic mass is 10.2. The second-order valence-electron chi connectivity index (χ2n) is 6.58. The number of fused-ring (bicyclic) bond motifs is 1. The molecule has 0 unspecified atom stereocenters. The standard InChI is InChI=1S/C20H15FN4O2S/c21-14-4-2-1-3-12(14)11-27-16-8-7-15-18(24-16)25(13-5-6-13)20(26)17(23-15)19-22-9-10-28-19/h1-4,7-10,13H,5-6,11H2. The first-order chi connectivity index (χ1) is 13.7. The van der Waals surface area contributed by atoms with Crippen LogP contribution in [0.5, 0.6) is 5.88 Å². The van der Waals surface area contributed by atoms with Gasteiger partial charge in [-0.25, -0.2) is 14.4 Å². The van der Waals surface area contributed by atoms with Crippen molar-refractivity contribution in [1.29, 1.82) is 0 Å². The maximum atomic E-state index is 13.8. The summed E-state index contributed by atoms with van der Waals surface area (Å²) in [5.41, 5.74) is 1.69. The van der Waals surface area contributed by atoms with Gasteiger partial charge in [0.05, 0.1) is 0 Å². The molecule has 1 aliphatic carbocycles. The number of hydrogen-bond acceptors (Lipinski definition) is 6. The van der Waals surface area contributed by atoms with Crippen molar-refractivity contribution in [3.8, 4) is 16.6 Å². The van der Waals surface area contributed by atoms with Crippen molar-refractivity contribution in [3.05, 3.63) is 69.7 Å². The summed E-state index contributed by atoms with van der Waals surface area (Å²) < 4.78 is 21.2. The molecule has 140 valence electrons. The number of benzene rings is 1. The summed E-state index contributed by atoms with van der Waals surface area (Å²) in [6.07, 6.45) is 3.52. The molecular weight excluding hydrogens is 379 g/mol. The molecular formula is C20H15FN4O2S. The fourth-order valence-corrected chi connectivity index (χ4v) is 3.68. The van der Waals surface area contributed by atoms with E-state index in [-0.39, 0.29) is 24.0 Å². The van der Waals surface area contributed by atoms with E-state index in [0.29, 0.717) is 33.3 Å². The Hall–Kier alpha value is -3.13. The van der Waals surface area contributed by atoms with Crippen molar-refractivity contribution in [3.63, 3.8) is 0 Å². The Morgan fingerprint density at radius 1 is 1.18 bits per heavy atom. The van der Waals surface area contributed by atoms with Crippen molar-refractivity contribution >= 4 is 22.5 Å². The fourth-order valence-electron chi connectivity index (χ4n) is 3.07. The molecule has 0 atom stereocenters. The van der Waals surface area contributed by atoms with Gasteiger partial charge in [0.2, 0.25) is 5.88 Å². The minimum atomic E-state index is -0.326. The normalized spacial score (nSPS) is 13.8. The van der Waals surface area contributed by atoms with Gasteiger partial charge in [-0.2, -0.15) is 4.98 Å². The summed E-state index contributed by atoms with van der Waals surface area (Å²) in [4.78, 5) is 26.3. The van der Waals surface area contributed by atoms with E-state index in [1.165, 1.54) is 17.4 Å². The maximum Gasteiger partial charge on any atom is 0.281 e. The maximum absolute atomic E-state index is 13.8. The topological polar surface area (TPSA) is 69.9 Å². The lowest BCUT2D eigenvalue weighted by Gasteiger charge is -2.12. The Balaban J connectivity index is 1.56. The Bertz CT molecular complexity index is 1220. The monoisotopic (exact) mass is 394 g/mol. The van der Waals surface area contributed by atoms with Crippen LogP contribution in [0.3, 0.4) is 0 Å². The fraction of sp³-hybridized carbons (Fsp3) is 0.200. The van der Waals surface area contributed by atoms with Crippen LogP contribution in [-0.2, 0) is 6.61 Å². The van der Waals surface area contributed by atoms with Gasteiger partial charge in [-0.15, -0.1) is 11.3 Å². The lowest BCUT2D eigenvalue weighted by molar-refractivity contribution is 0.288. The number of rotatable bonds is 5. The molecule has 0 bridgehead atoms. The van der Waals surface area contributed by atoms with Gasteiger partial charge < -0.3 is 4.74 Å². The van der Waals surface area contributed by atoms with Crippen molar-refractivity contribution in [2.75, 3.05) is 0 Å². The Morgan fingerprint density at radius 2 is 2.04 bits per heavy atom. The molecule has 0 aliphatic heterocycles. The van der Waals surface area contributed by atoms with E-state index in [4.69, 9.17) is 4.74 Å². The zero-order valence-electron chi connectivity index (χ0n) is 14.7. The van der Waals surface area contributed by atoms with Gasteiger partial charge in [0.25, 0.3) is 5.56 Å². The number of thiazole rings is 1. The zero-order valence-corrected chi connectivity index (χ0v) is 15.5. The molecule has 1 saturated carbocycles. The smallest absolute Gasteiger partial charge is 0.281 e. The van der Waals surface area contributed by atoms with Crippen LogP contribution in [0.2, 0.25) is 0 Å². The third kappa shape index (κ3) is 3.05. The first-order valence-corrected chi connectivity index (χ1v) is 9.78. The predicted molar refractivity (Wildman–Crippen MR) is 104 cm³/mol. The number of ether oxygens (including phenoxy) is 1. The van der Waals surface area contributed by atoms with Crippen molar-refractivity contribution in [2.45, 2.75) is 25.5 Å². The molecule has 3 aromatic heterocycles. The summed E-state index contributed by atoms with van der Waals surface area (Å²) in [6, 6.07) is 10.0. The van der Waals surface area contributed by atoms with E-state index in [2.05, 4.69) is 15.0 Å². The molecule has 0 N–H and O–H groups in total. The minimum Gasteiger partial charge on any atom is -0.473 e. The molecule has 4 aromatic rings. The average molecular weight is 394 g/mol. The summed E-state index contributed by atoms with van der Waals surface area (Å²) in [5.74, 6) is 0.00119. The molecule has 1 fully saturated rings. The third-order valence-electron chi connectivity index (χ3n) is 4.59. The van der Waals surface area contributed by atoms with Crippen molar-refractivity contribution in [1.82, 2.24) is 19.5 Å². The highest BCUT2D eigenvalue weighted by Crippen LogP contribution is 2.36. The average Bonchev–Trinajstić information content (AvgIpc) is 3.39. The molecule has 5 rings (SSSR count). The molecule has 28 heavy (non-hydrogen) atoms. The quantitative estimate of drug-likeness (QED) is 0.512. The van der Waals surface area contributed by atoms with E-state index in [0.717, 1.165) is 12.8 Å². The van der Waals surface area contributed by atoms with Crippen LogP contribution in [0, 0.1) is 5.82 Å². The van der Waals surface area contributed by atoms with Crippen LogP contribution < -0.4 is 10.3 Å². The highest BCUT2D eigenvalue weighted by Gasteiger charge is 2.29. The van der Waals surface area contributed by atoms with Crippen LogP contribution >= 0.6 is 11.3 Å². The van der Waals surface area contributed by atoms with Gasteiger partial charge in [-0.05, 0) is 25.0 Å². The Labute approximate surface area is 163 Å². The molecule has 1 aliphatic rings. The third-order valence-corrected chi connectivity index (χ3v) is 5.37.